The van der Waals surface area contributed by atoms with Crippen LogP contribution in [-0.2, 0) is 9.53 Å². The van der Waals surface area contributed by atoms with Crippen LogP contribution in [0.3, 0.4) is 0 Å². The lowest BCUT2D eigenvalue weighted by Crippen LogP contribution is -2.45. The number of amides is 1. The van der Waals surface area contributed by atoms with Crippen molar-refractivity contribution in [1.82, 2.24) is 0 Å². The number of nitrogens with one attached hydrogen (secondary N) is 1. The van der Waals surface area contributed by atoms with E-state index in [2.05, 4.69) is 5.32 Å². The zero-order valence-electron chi connectivity index (χ0n) is 12.2. The van der Waals surface area contributed by atoms with Gasteiger partial charge in [-0.05, 0) is 37.1 Å². The molecule has 2 N–H and O–H groups in total. The van der Waals surface area contributed by atoms with Crippen molar-refractivity contribution >= 4 is 28.5 Å². The summed E-state index contributed by atoms with van der Waals surface area (Å²) in [6.45, 7) is 0.413. The zero-order chi connectivity index (χ0) is 15.7. The van der Waals surface area contributed by atoms with E-state index in [-0.39, 0.29) is 11.7 Å². The van der Waals surface area contributed by atoms with Crippen LogP contribution in [0.1, 0.15) is 29.8 Å². The third-order valence-electron chi connectivity index (χ3n) is 4.20. The lowest BCUT2D eigenvalue weighted by molar-refractivity contribution is -0.134. The predicted molar refractivity (Wildman–Crippen MR) is 80.0 cm³/mol. The van der Waals surface area contributed by atoms with Crippen LogP contribution in [0.5, 0.6) is 0 Å². The predicted octanol–water partition coefficient (Wildman–Crippen LogP) is 2.89. The van der Waals surface area contributed by atoms with E-state index in [9.17, 15) is 9.59 Å². The smallest absolute Gasteiger partial charge is 0.371 e. The molecule has 1 heterocycles. The maximum atomic E-state index is 12.4. The number of fused-ring (bicyclic) bond motifs is 1. The Morgan fingerprint density at radius 3 is 2.73 bits per heavy atom. The van der Waals surface area contributed by atoms with Gasteiger partial charge in [-0.1, -0.05) is 6.42 Å². The molecule has 6 heteroatoms. The molecule has 0 unspecified atom stereocenters. The van der Waals surface area contributed by atoms with Gasteiger partial charge >= 0.3 is 5.97 Å². The van der Waals surface area contributed by atoms with Crippen LogP contribution < -0.4 is 5.32 Å². The topological polar surface area (TPSA) is 88.8 Å². The van der Waals surface area contributed by atoms with Crippen molar-refractivity contribution in [3.63, 3.8) is 0 Å². The quantitative estimate of drug-likeness (QED) is 0.886. The molecule has 0 atom stereocenters. The van der Waals surface area contributed by atoms with E-state index < -0.39 is 11.4 Å². The summed E-state index contributed by atoms with van der Waals surface area (Å²) in [4.78, 5) is 23.4. The van der Waals surface area contributed by atoms with Crippen LogP contribution in [0.2, 0.25) is 0 Å². The first-order chi connectivity index (χ1) is 10.5. The second-order valence-electron chi connectivity index (χ2n) is 5.69. The number of methoxy groups -OCH3 is 1. The van der Waals surface area contributed by atoms with Crippen molar-refractivity contribution in [1.29, 1.82) is 0 Å². The fraction of sp³-hybridized carbons (Fsp3) is 0.375. The molecule has 0 saturated heterocycles. The first kappa shape index (κ1) is 14.6. The Morgan fingerprint density at radius 2 is 2.14 bits per heavy atom. The van der Waals surface area contributed by atoms with Gasteiger partial charge in [-0.25, -0.2) is 4.79 Å². The number of hydrogen-bond donors (Lipinski definition) is 2. The molecule has 1 fully saturated rings. The lowest BCUT2D eigenvalue weighted by Gasteiger charge is -2.39. The number of aromatic carboxylic acids is 1. The molecule has 1 aromatic heterocycles. The highest BCUT2D eigenvalue weighted by molar-refractivity contribution is 5.98. The maximum absolute atomic E-state index is 12.4. The zero-order valence-corrected chi connectivity index (χ0v) is 12.2. The minimum Gasteiger partial charge on any atom is -0.475 e. The van der Waals surface area contributed by atoms with Crippen molar-refractivity contribution < 1.29 is 23.8 Å². The number of carbonyl (C=O) groups is 2. The molecule has 2 aromatic rings. The van der Waals surface area contributed by atoms with Gasteiger partial charge in [0.25, 0.3) is 0 Å². The van der Waals surface area contributed by atoms with E-state index in [1.165, 1.54) is 6.07 Å². The second kappa shape index (κ2) is 5.46. The van der Waals surface area contributed by atoms with Gasteiger partial charge in [0, 0.05) is 18.2 Å². The summed E-state index contributed by atoms with van der Waals surface area (Å²) < 4.78 is 10.4. The molecule has 1 saturated carbocycles. The molecule has 0 bridgehead atoms. The highest BCUT2D eigenvalue weighted by Crippen LogP contribution is 2.42. The van der Waals surface area contributed by atoms with Crippen LogP contribution in [0.25, 0.3) is 11.0 Å². The molecule has 6 nitrogen and oxygen atoms in total. The first-order valence-electron chi connectivity index (χ1n) is 7.11. The molecule has 3 rings (SSSR count). The summed E-state index contributed by atoms with van der Waals surface area (Å²) in [5, 5.41) is 12.5. The van der Waals surface area contributed by atoms with Crippen molar-refractivity contribution in [2.45, 2.75) is 19.3 Å². The van der Waals surface area contributed by atoms with E-state index in [1.54, 1.807) is 25.3 Å². The summed E-state index contributed by atoms with van der Waals surface area (Å²) >= 11 is 0. The molecule has 1 aliphatic rings. The molecule has 0 spiro atoms. The molecule has 0 radical (unpaired) electrons. The fourth-order valence-corrected chi connectivity index (χ4v) is 2.81. The monoisotopic (exact) mass is 303 g/mol. The molecular weight excluding hydrogens is 286 g/mol. The third kappa shape index (κ3) is 2.46. The van der Waals surface area contributed by atoms with Gasteiger partial charge in [-0.15, -0.1) is 0 Å². The lowest BCUT2D eigenvalue weighted by atomic mass is 9.68. The number of benzene rings is 1. The van der Waals surface area contributed by atoms with E-state index in [0.717, 1.165) is 19.3 Å². The van der Waals surface area contributed by atoms with Crippen LogP contribution in [0.4, 0.5) is 5.69 Å². The minimum atomic E-state index is -1.12. The van der Waals surface area contributed by atoms with Crippen LogP contribution >= 0.6 is 0 Å². The summed E-state index contributed by atoms with van der Waals surface area (Å²) in [6, 6.07) is 6.51. The molecular formula is C16H17NO5. The number of anilines is 1. The number of carboxylic acids is 1. The third-order valence-corrected chi connectivity index (χ3v) is 4.20. The van der Waals surface area contributed by atoms with E-state index in [1.807, 2.05) is 0 Å². The number of furan rings is 1. The average molecular weight is 303 g/mol. The number of rotatable bonds is 5. The van der Waals surface area contributed by atoms with Crippen molar-refractivity contribution in [3.8, 4) is 0 Å². The summed E-state index contributed by atoms with van der Waals surface area (Å²) in [7, 11) is 1.60. The Labute approximate surface area is 127 Å². The van der Waals surface area contributed by atoms with Gasteiger partial charge in [0.1, 0.15) is 5.58 Å². The van der Waals surface area contributed by atoms with Gasteiger partial charge in [0.05, 0.1) is 12.0 Å². The summed E-state index contributed by atoms with van der Waals surface area (Å²) in [5.74, 6) is -1.29. The molecule has 1 aliphatic carbocycles. The molecule has 22 heavy (non-hydrogen) atoms. The van der Waals surface area contributed by atoms with E-state index in [0.29, 0.717) is 23.3 Å². The normalized spacial score (nSPS) is 16.2. The first-order valence-corrected chi connectivity index (χ1v) is 7.11. The van der Waals surface area contributed by atoms with E-state index in [4.69, 9.17) is 14.3 Å². The van der Waals surface area contributed by atoms with Gasteiger partial charge in [0.15, 0.2) is 0 Å². The molecule has 1 amide bonds. The maximum Gasteiger partial charge on any atom is 0.371 e. The Morgan fingerprint density at radius 1 is 1.36 bits per heavy atom. The highest BCUT2D eigenvalue weighted by Gasteiger charge is 2.44. The van der Waals surface area contributed by atoms with Gasteiger partial charge in [-0.3, -0.25) is 4.79 Å². The van der Waals surface area contributed by atoms with Crippen molar-refractivity contribution in [2.75, 3.05) is 19.0 Å². The summed E-state index contributed by atoms with van der Waals surface area (Å²) in [6.07, 6.45) is 2.67. The highest BCUT2D eigenvalue weighted by atomic mass is 16.5. The van der Waals surface area contributed by atoms with Gasteiger partial charge in [0.2, 0.25) is 11.7 Å². The Hall–Kier alpha value is -2.34. The van der Waals surface area contributed by atoms with Gasteiger partial charge in [-0.2, -0.15) is 0 Å². The van der Waals surface area contributed by atoms with Crippen LogP contribution in [-0.4, -0.2) is 30.7 Å². The fourth-order valence-electron chi connectivity index (χ4n) is 2.81. The van der Waals surface area contributed by atoms with Crippen LogP contribution in [0, 0.1) is 5.41 Å². The SMILES string of the molecule is COCC1(C(=O)Nc2ccc3oc(C(=O)O)cc3c2)CCC1. The van der Waals surface area contributed by atoms with Crippen molar-refractivity contribution in [2.24, 2.45) is 5.41 Å². The largest absolute Gasteiger partial charge is 0.475 e. The van der Waals surface area contributed by atoms with Crippen molar-refractivity contribution in [3.05, 3.63) is 30.0 Å². The molecule has 116 valence electrons. The number of ether oxygens (including phenoxy) is 1. The number of hydrogen-bond acceptors (Lipinski definition) is 4. The second-order valence-corrected chi connectivity index (χ2v) is 5.69. The van der Waals surface area contributed by atoms with Gasteiger partial charge < -0.3 is 19.6 Å². The Balaban J connectivity index is 1.81. The summed E-state index contributed by atoms with van der Waals surface area (Å²) in [5.41, 5.74) is 0.662. The average Bonchev–Trinajstić information content (AvgIpc) is 2.86. The molecule has 0 aliphatic heterocycles. The standard InChI is InChI=1S/C16H17NO5/c1-21-9-16(5-2-6-16)15(20)17-11-3-4-12-10(7-11)8-13(22-12)14(18)19/h3-4,7-8H,2,5-6,9H2,1H3,(H,17,20)(H,18,19). The molecule has 1 aromatic carbocycles. The van der Waals surface area contributed by atoms with E-state index >= 15 is 0 Å². The Kier molecular flexibility index (Phi) is 3.62. The number of carbonyl (C=O) groups excluding carboxylic acids is 1. The van der Waals surface area contributed by atoms with Crippen LogP contribution in [0.15, 0.2) is 28.7 Å². The minimum absolute atomic E-state index is 0.0538. The Bertz CT molecular complexity index is 729. The number of carboxylic acid groups (broad SMARTS) is 1.